The number of hydrogen-bond donors (Lipinski definition) is 1. The molecule has 0 aliphatic carbocycles. The van der Waals surface area contributed by atoms with Crippen molar-refractivity contribution in [3.63, 3.8) is 0 Å². The van der Waals surface area contributed by atoms with Gasteiger partial charge in [-0.15, -0.1) is 0 Å². The third-order valence-corrected chi connectivity index (χ3v) is 2.68. The largest absolute Gasteiger partial charge is 0.387 e. The molecule has 0 saturated carbocycles. The lowest BCUT2D eigenvalue weighted by atomic mass is 10.1. The van der Waals surface area contributed by atoms with Crippen LogP contribution in [0.1, 0.15) is 11.4 Å². The highest BCUT2D eigenvalue weighted by molar-refractivity contribution is 7.80. The molecule has 0 unspecified atom stereocenters. The average molecular weight is 267 g/mol. The van der Waals surface area contributed by atoms with Gasteiger partial charge >= 0.3 is 0 Å². The van der Waals surface area contributed by atoms with E-state index in [1.165, 1.54) is 29.1 Å². The summed E-state index contributed by atoms with van der Waals surface area (Å²) in [6.07, 6.45) is 2.83. The molecule has 6 heteroatoms. The number of nitrogens with two attached hydrogens (primary N) is 1. The molecule has 94 valence electrons. The molecule has 1 aromatic carbocycles. The van der Waals surface area contributed by atoms with Gasteiger partial charge in [-0.2, -0.15) is 8.78 Å². The molecule has 1 aromatic heterocycles. The SMILES string of the molecule is NC(=S)c1nccn1CC(F)(F)c1ccccc1. The predicted molar refractivity (Wildman–Crippen MR) is 68.5 cm³/mol. The zero-order valence-electron chi connectivity index (χ0n) is 9.38. The molecule has 0 spiro atoms. The summed E-state index contributed by atoms with van der Waals surface area (Å²) in [4.78, 5) is 3.86. The van der Waals surface area contributed by atoms with Gasteiger partial charge in [-0.25, -0.2) is 4.98 Å². The Morgan fingerprint density at radius 2 is 2.00 bits per heavy atom. The summed E-state index contributed by atoms with van der Waals surface area (Å²) in [6, 6.07) is 7.61. The summed E-state index contributed by atoms with van der Waals surface area (Å²) >= 11 is 4.76. The van der Waals surface area contributed by atoms with Crippen LogP contribution >= 0.6 is 12.2 Å². The van der Waals surface area contributed by atoms with Gasteiger partial charge in [-0.1, -0.05) is 42.5 Å². The van der Waals surface area contributed by atoms with Crippen molar-refractivity contribution < 1.29 is 8.78 Å². The number of halogens is 2. The Morgan fingerprint density at radius 3 is 2.61 bits per heavy atom. The molecule has 2 aromatic rings. The molecule has 0 aliphatic rings. The second-order valence-electron chi connectivity index (χ2n) is 3.81. The Balaban J connectivity index is 2.28. The van der Waals surface area contributed by atoms with E-state index < -0.39 is 12.5 Å². The van der Waals surface area contributed by atoms with Crippen LogP contribution in [0.2, 0.25) is 0 Å². The molecule has 2 rings (SSSR count). The van der Waals surface area contributed by atoms with Crippen LogP contribution in [0.25, 0.3) is 0 Å². The number of hydrogen-bond acceptors (Lipinski definition) is 2. The van der Waals surface area contributed by atoms with Crippen LogP contribution in [-0.2, 0) is 12.5 Å². The van der Waals surface area contributed by atoms with Crippen molar-refractivity contribution in [3.8, 4) is 0 Å². The molecule has 0 amide bonds. The van der Waals surface area contributed by atoms with E-state index in [9.17, 15) is 8.78 Å². The summed E-state index contributed by atoms with van der Waals surface area (Å²) in [7, 11) is 0. The first-order valence-electron chi connectivity index (χ1n) is 5.25. The van der Waals surface area contributed by atoms with Gasteiger partial charge in [0.1, 0.15) is 4.99 Å². The second-order valence-corrected chi connectivity index (χ2v) is 4.25. The molecule has 0 atom stereocenters. The maximum atomic E-state index is 14.0. The number of thiocarbonyl (C=S) groups is 1. The number of imidazole rings is 1. The van der Waals surface area contributed by atoms with E-state index in [4.69, 9.17) is 18.0 Å². The first-order chi connectivity index (χ1) is 8.50. The highest BCUT2D eigenvalue weighted by Gasteiger charge is 2.32. The van der Waals surface area contributed by atoms with E-state index >= 15 is 0 Å². The fourth-order valence-corrected chi connectivity index (χ4v) is 1.82. The van der Waals surface area contributed by atoms with Crippen molar-refractivity contribution in [1.82, 2.24) is 9.55 Å². The van der Waals surface area contributed by atoms with E-state index in [2.05, 4.69) is 4.98 Å². The number of nitrogens with zero attached hydrogens (tertiary/aromatic N) is 2. The number of rotatable bonds is 4. The summed E-state index contributed by atoms with van der Waals surface area (Å²) in [5, 5.41) is 0. The van der Waals surface area contributed by atoms with Crippen molar-refractivity contribution >= 4 is 17.2 Å². The number of aromatic nitrogens is 2. The topological polar surface area (TPSA) is 43.8 Å². The molecule has 0 fully saturated rings. The molecule has 3 nitrogen and oxygen atoms in total. The fourth-order valence-electron chi connectivity index (χ4n) is 1.65. The summed E-state index contributed by atoms with van der Waals surface area (Å²) in [6.45, 7) is -0.538. The Labute approximate surface area is 108 Å². The molecule has 0 bridgehead atoms. The van der Waals surface area contributed by atoms with Gasteiger partial charge in [0.05, 0.1) is 6.54 Å². The molecule has 0 radical (unpaired) electrons. The smallest absolute Gasteiger partial charge is 0.290 e. The van der Waals surface area contributed by atoms with Gasteiger partial charge in [0.15, 0.2) is 5.82 Å². The molecule has 1 heterocycles. The van der Waals surface area contributed by atoms with Crippen LogP contribution in [0.3, 0.4) is 0 Å². The quantitative estimate of drug-likeness (QED) is 0.864. The zero-order valence-corrected chi connectivity index (χ0v) is 10.2. The molecule has 2 N–H and O–H groups in total. The Kier molecular flexibility index (Phi) is 3.38. The minimum Gasteiger partial charge on any atom is -0.387 e. The summed E-state index contributed by atoms with van der Waals surface area (Å²) in [5.41, 5.74) is 5.37. The van der Waals surface area contributed by atoms with Gasteiger partial charge in [-0.05, 0) is 0 Å². The monoisotopic (exact) mass is 267 g/mol. The summed E-state index contributed by atoms with van der Waals surface area (Å²) < 4.78 is 29.3. The van der Waals surface area contributed by atoms with E-state index in [1.54, 1.807) is 18.2 Å². The second kappa shape index (κ2) is 4.81. The van der Waals surface area contributed by atoms with Crippen LogP contribution < -0.4 is 5.73 Å². The molecule has 18 heavy (non-hydrogen) atoms. The first kappa shape index (κ1) is 12.6. The van der Waals surface area contributed by atoms with Crippen molar-refractivity contribution in [2.45, 2.75) is 12.5 Å². The van der Waals surface area contributed by atoms with E-state index in [0.717, 1.165) is 0 Å². The van der Waals surface area contributed by atoms with E-state index in [0.29, 0.717) is 0 Å². The third-order valence-electron chi connectivity index (χ3n) is 2.50. The van der Waals surface area contributed by atoms with Crippen molar-refractivity contribution in [3.05, 3.63) is 54.1 Å². The average Bonchev–Trinajstić information content (AvgIpc) is 2.78. The maximum absolute atomic E-state index is 14.0. The van der Waals surface area contributed by atoms with E-state index in [-0.39, 0.29) is 16.4 Å². The number of alkyl halides is 2. The van der Waals surface area contributed by atoms with Gasteiger partial charge in [-0.3, -0.25) is 0 Å². The maximum Gasteiger partial charge on any atom is 0.290 e. The van der Waals surface area contributed by atoms with Crippen molar-refractivity contribution in [2.75, 3.05) is 0 Å². The normalized spacial score (nSPS) is 11.4. The molecule has 0 aliphatic heterocycles. The predicted octanol–water partition coefficient (Wildman–Crippen LogP) is 2.31. The lowest BCUT2D eigenvalue weighted by molar-refractivity contribution is -0.0223. The fraction of sp³-hybridized carbons (Fsp3) is 0.167. The van der Waals surface area contributed by atoms with Crippen LogP contribution in [0.15, 0.2) is 42.7 Å². The standard InChI is InChI=1S/C12H11F2N3S/c13-12(14,9-4-2-1-3-5-9)8-17-7-6-16-11(17)10(15)18/h1-7H,8H2,(H2,15,18). The Morgan fingerprint density at radius 1 is 1.33 bits per heavy atom. The minimum absolute atomic E-state index is 0.00358. The lowest BCUT2D eigenvalue weighted by Crippen LogP contribution is -2.25. The number of benzene rings is 1. The highest BCUT2D eigenvalue weighted by Crippen LogP contribution is 2.29. The van der Waals surface area contributed by atoms with Crippen LogP contribution in [0.4, 0.5) is 8.78 Å². The van der Waals surface area contributed by atoms with E-state index in [1.807, 2.05) is 0 Å². The first-order valence-corrected chi connectivity index (χ1v) is 5.66. The van der Waals surface area contributed by atoms with Gasteiger partial charge in [0, 0.05) is 18.0 Å². The van der Waals surface area contributed by atoms with Crippen LogP contribution in [-0.4, -0.2) is 14.5 Å². The Hall–Kier alpha value is -1.82. The molecule has 0 saturated heterocycles. The highest BCUT2D eigenvalue weighted by atomic mass is 32.1. The van der Waals surface area contributed by atoms with Crippen LogP contribution in [0, 0.1) is 0 Å². The van der Waals surface area contributed by atoms with Gasteiger partial charge in [0.25, 0.3) is 5.92 Å². The Bertz CT molecular complexity index is 551. The molecular formula is C12H11F2N3S. The van der Waals surface area contributed by atoms with Gasteiger partial charge < -0.3 is 10.3 Å². The zero-order chi connectivity index (χ0) is 13.2. The van der Waals surface area contributed by atoms with Crippen molar-refractivity contribution in [1.29, 1.82) is 0 Å². The van der Waals surface area contributed by atoms with Crippen molar-refractivity contribution in [2.24, 2.45) is 5.73 Å². The molecular weight excluding hydrogens is 256 g/mol. The third kappa shape index (κ3) is 2.53. The summed E-state index contributed by atoms with van der Waals surface area (Å²) in [5.74, 6) is -2.80. The van der Waals surface area contributed by atoms with Crippen LogP contribution in [0.5, 0.6) is 0 Å². The van der Waals surface area contributed by atoms with Gasteiger partial charge in [0.2, 0.25) is 0 Å². The lowest BCUT2D eigenvalue weighted by Gasteiger charge is -2.18. The minimum atomic E-state index is -3.00.